The van der Waals surface area contributed by atoms with Crippen molar-refractivity contribution in [2.24, 2.45) is 0 Å². The highest BCUT2D eigenvalue weighted by Crippen LogP contribution is 2.32. The summed E-state index contributed by atoms with van der Waals surface area (Å²) < 4.78 is 76.5. The lowest BCUT2D eigenvalue weighted by Gasteiger charge is -2.36. The lowest BCUT2D eigenvalue weighted by Crippen LogP contribution is -2.47. The van der Waals surface area contributed by atoms with Crippen LogP contribution in [0.4, 0.5) is 24.5 Å². The van der Waals surface area contributed by atoms with E-state index in [1.807, 2.05) is 6.07 Å². The molecule has 3 aromatic rings. The van der Waals surface area contributed by atoms with Crippen LogP contribution >= 0.6 is 22.6 Å². The van der Waals surface area contributed by atoms with Crippen molar-refractivity contribution in [3.05, 3.63) is 48.2 Å². The number of methoxy groups -OCH3 is 2. The van der Waals surface area contributed by atoms with Gasteiger partial charge >= 0.3 is 6.18 Å². The lowest BCUT2D eigenvalue weighted by molar-refractivity contribution is -0.140. The van der Waals surface area contributed by atoms with Gasteiger partial charge in [-0.1, -0.05) is 34.6 Å². The molecule has 2 heterocycles. The Morgan fingerprint density at radius 1 is 1.14 bits per heavy atom. The number of hydrogen-bond acceptors (Lipinski definition) is 7. The molecule has 1 fully saturated rings. The zero-order valence-corrected chi connectivity index (χ0v) is 26.6. The van der Waals surface area contributed by atoms with E-state index in [1.165, 1.54) is 23.8 Å². The van der Waals surface area contributed by atoms with Gasteiger partial charge in [0.1, 0.15) is 12.3 Å². The van der Waals surface area contributed by atoms with E-state index in [4.69, 9.17) is 9.47 Å². The fraction of sp³-hybridized carbons (Fsp3) is 0.448. The Hall–Kier alpha value is -2.67. The van der Waals surface area contributed by atoms with Crippen molar-refractivity contribution in [2.45, 2.75) is 34.0 Å². The van der Waals surface area contributed by atoms with E-state index >= 15 is 0 Å². The number of hydrogen-bond donors (Lipinski definition) is 2. The molecule has 42 heavy (non-hydrogen) atoms. The number of rotatable bonds is 10. The molecule has 2 unspecified atom stereocenters. The molecule has 0 spiro atoms. The number of nitrogens with one attached hydrogen (secondary N) is 2. The third-order valence-corrected chi connectivity index (χ3v) is 9.42. The third kappa shape index (κ3) is 8.24. The highest BCUT2D eigenvalue weighted by atomic mass is 127. The van der Waals surface area contributed by atoms with Gasteiger partial charge in [0, 0.05) is 60.1 Å². The minimum absolute atomic E-state index is 0.103. The molecule has 0 amide bonds. The number of sulfone groups is 1. The van der Waals surface area contributed by atoms with Crippen molar-refractivity contribution in [3.8, 4) is 17.6 Å². The summed E-state index contributed by atoms with van der Waals surface area (Å²) in [4.78, 5) is 2.47. The molecular formula is C29H34F3IN4O4S. The van der Waals surface area contributed by atoms with E-state index in [0.29, 0.717) is 32.9 Å². The van der Waals surface area contributed by atoms with Crippen molar-refractivity contribution < 1.29 is 31.1 Å². The highest BCUT2D eigenvalue weighted by Gasteiger charge is 2.31. The minimum Gasteiger partial charge on any atom is -0.495 e. The molecule has 1 saturated heterocycles. The van der Waals surface area contributed by atoms with Gasteiger partial charge in [0.05, 0.1) is 42.1 Å². The summed E-state index contributed by atoms with van der Waals surface area (Å²) in [5.41, 5.74) is 2.00. The van der Waals surface area contributed by atoms with Crippen LogP contribution in [0.5, 0.6) is 5.75 Å². The van der Waals surface area contributed by atoms with Crippen molar-refractivity contribution in [2.75, 3.05) is 63.9 Å². The van der Waals surface area contributed by atoms with Gasteiger partial charge in [-0.2, -0.15) is 13.2 Å². The Balaban J connectivity index is 1.56. The van der Waals surface area contributed by atoms with Gasteiger partial charge < -0.3 is 24.7 Å². The lowest BCUT2D eigenvalue weighted by atomic mass is 10.0. The van der Waals surface area contributed by atoms with Gasteiger partial charge in [0.25, 0.3) is 0 Å². The van der Waals surface area contributed by atoms with E-state index in [1.54, 1.807) is 31.4 Å². The minimum atomic E-state index is -4.43. The molecule has 4 rings (SSSR count). The average Bonchev–Trinajstić information content (AvgIpc) is 3.27. The number of ether oxygens (including phenoxy) is 2. The molecule has 0 radical (unpaired) electrons. The van der Waals surface area contributed by atoms with E-state index in [-0.39, 0.29) is 23.2 Å². The molecule has 0 bridgehead atoms. The molecule has 1 aliphatic heterocycles. The third-order valence-electron chi connectivity index (χ3n) is 7.05. The van der Waals surface area contributed by atoms with Crippen LogP contribution in [-0.2, 0) is 21.1 Å². The maximum atomic E-state index is 13.6. The molecular weight excluding hydrogens is 684 g/mol. The number of likely N-dealkylation sites (tertiary alicyclic amines) is 1. The van der Waals surface area contributed by atoms with Crippen LogP contribution in [0.2, 0.25) is 0 Å². The number of fused-ring (bicyclic) bond motifs is 1. The van der Waals surface area contributed by atoms with Gasteiger partial charge in [0.2, 0.25) is 0 Å². The van der Waals surface area contributed by atoms with Gasteiger partial charge in [-0.05, 0) is 42.7 Å². The summed E-state index contributed by atoms with van der Waals surface area (Å²) in [6, 6.07) is 11.6. The van der Waals surface area contributed by atoms with Crippen molar-refractivity contribution >= 4 is 54.7 Å². The second-order valence-corrected chi connectivity index (χ2v) is 13.7. The molecule has 2 N–H and O–H groups in total. The number of benzene rings is 2. The number of piperidine rings is 1. The predicted octanol–water partition coefficient (Wildman–Crippen LogP) is 5.02. The van der Waals surface area contributed by atoms with E-state index in [9.17, 15) is 21.6 Å². The molecule has 13 heteroatoms. The molecule has 228 valence electrons. The Morgan fingerprint density at radius 2 is 1.93 bits per heavy atom. The average molecular weight is 719 g/mol. The van der Waals surface area contributed by atoms with Crippen LogP contribution in [0.1, 0.15) is 12.1 Å². The number of anilines is 2. The maximum Gasteiger partial charge on any atom is 0.406 e. The van der Waals surface area contributed by atoms with Crippen LogP contribution in [-0.4, -0.2) is 87.3 Å². The summed E-state index contributed by atoms with van der Waals surface area (Å²) in [7, 11) is -0.300. The van der Waals surface area contributed by atoms with Crippen molar-refractivity contribution in [1.82, 2.24) is 9.47 Å². The normalized spacial score (nSPS) is 18.0. The molecule has 2 atom stereocenters. The largest absolute Gasteiger partial charge is 0.495 e. The van der Waals surface area contributed by atoms with Crippen LogP contribution in [0.15, 0.2) is 47.4 Å². The number of aromatic nitrogens is 1. The number of alkyl halides is 4. The van der Waals surface area contributed by atoms with E-state index in [2.05, 4.69) is 50.0 Å². The van der Waals surface area contributed by atoms with Crippen molar-refractivity contribution in [3.63, 3.8) is 0 Å². The summed E-state index contributed by atoms with van der Waals surface area (Å²) in [5, 5.41) is 7.33. The van der Waals surface area contributed by atoms with Crippen LogP contribution in [0.25, 0.3) is 10.9 Å². The first-order valence-corrected chi connectivity index (χ1v) is 16.4. The first kappa shape index (κ1) is 32.2. The Morgan fingerprint density at radius 3 is 2.60 bits per heavy atom. The summed E-state index contributed by atoms with van der Waals surface area (Å²) >= 11 is 2.44. The molecule has 1 aromatic heterocycles. The summed E-state index contributed by atoms with van der Waals surface area (Å²) in [6.07, 6.45) is -2.42. The second-order valence-electron chi connectivity index (χ2n) is 10.1. The van der Waals surface area contributed by atoms with Crippen molar-refractivity contribution in [1.29, 1.82) is 0 Å². The number of nitrogens with zero attached hydrogens (tertiary/aromatic N) is 2. The van der Waals surface area contributed by atoms with Gasteiger partial charge in [0.15, 0.2) is 9.84 Å². The highest BCUT2D eigenvalue weighted by molar-refractivity contribution is 14.1. The predicted molar refractivity (Wildman–Crippen MR) is 168 cm³/mol. The summed E-state index contributed by atoms with van der Waals surface area (Å²) in [5.74, 6) is 6.12. The topological polar surface area (TPSA) is 84.8 Å². The zero-order chi connectivity index (χ0) is 30.5. The maximum absolute atomic E-state index is 13.6. The monoisotopic (exact) mass is 718 g/mol. The molecule has 8 nitrogen and oxygen atoms in total. The smallest absolute Gasteiger partial charge is 0.406 e. The molecule has 2 aromatic carbocycles. The first-order chi connectivity index (χ1) is 19.9. The molecule has 0 aliphatic carbocycles. The fourth-order valence-electron chi connectivity index (χ4n) is 4.94. The second kappa shape index (κ2) is 13.7. The first-order valence-electron chi connectivity index (χ1n) is 13.3. The molecule has 0 saturated carbocycles. The Labute approximate surface area is 258 Å². The number of halogens is 4. The van der Waals surface area contributed by atoms with Gasteiger partial charge in [-0.25, -0.2) is 8.42 Å². The van der Waals surface area contributed by atoms with Crippen LogP contribution in [0.3, 0.4) is 0 Å². The zero-order valence-electron chi connectivity index (χ0n) is 23.6. The quantitative estimate of drug-likeness (QED) is 0.173. The summed E-state index contributed by atoms with van der Waals surface area (Å²) in [6.45, 7) is 2.30. The van der Waals surface area contributed by atoms with Gasteiger partial charge in [-0.3, -0.25) is 4.90 Å². The Bertz CT molecular complexity index is 1570. The Kier molecular flexibility index (Phi) is 10.6. The fourth-order valence-corrected chi connectivity index (χ4v) is 6.67. The van der Waals surface area contributed by atoms with Gasteiger partial charge in [-0.15, -0.1) is 0 Å². The SMILES string of the molecule is COCCN1CCC(Nc2cccc3c2cc(C#CCNc2ccc(S(C)(=O)=O)cc2OC)n3CC(F)(F)F)C(I)C1. The van der Waals surface area contributed by atoms with E-state index in [0.717, 1.165) is 38.0 Å². The van der Waals surface area contributed by atoms with Crippen LogP contribution in [0, 0.1) is 11.8 Å². The van der Waals surface area contributed by atoms with Crippen LogP contribution < -0.4 is 15.4 Å². The molecule has 1 aliphatic rings. The van der Waals surface area contributed by atoms with E-state index < -0.39 is 22.6 Å². The standard InChI is InChI=1S/C29H34F3IN4O4S/c1-40-15-14-36-13-11-25(23(33)18-36)35-24-7-4-8-27-22(24)16-20(37(27)19-29(30,31)32)6-5-12-34-26-10-9-21(42(3,38)39)17-28(26)41-2/h4,7-10,16-17,23,25,34-35H,11-15,18-19H2,1-3H3.